The third kappa shape index (κ3) is 3.48. The lowest BCUT2D eigenvalue weighted by Gasteiger charge is -2.30. The lowest BCUT2D eigenvalue weighted by molar-refractivity contribution is -0.124. The van der Waals surface area contributed by atoms with Gasteiger partial charge in [0.1, 0.15) is 0 Å². The van der Waals surface area contributed by atoms with E-state index < -0.39 is 0 Å². The van der Waals surface area contributed by atoms with E-state index in [2.05, 4.69) is 26.1 Å². The van der Waals surface area contributed by atoms with Crippen molar-refractivity contribution in [2.24, 2.45) is 17.6 Å². The molecule has 0 bridgehead atoms. The van der Waals surface area contributed by atoms with Crippen molar-refractivity contribution >= 4 is 5.91 Å². The summed E-state index contributed by atoms with van der Waals surface area (Å²) in [7, 11) is 0. The minimum Gasteiger partial charge on any atom is -0.349 e. The molecule has 0 aromatic heterocycles. The SMILES string of the molecule is CCC(CC)CC(=O)NC(C)(CN)C1CC1. The highest BCUT2D eigenvalue weighted by molar-refractivity contribution is 5.77. The summed E-state index contributed by atoms with van der Waals surface area (Å²) in [4.78, 5) is 11.9. The number of hydrogen-bond acceptors (Lipinski definition) is 2. The van der Waals surface area contributed by atoms with Crippen molar-refractivity contribution in [1.29, 1.82) is 0 Å². The lowest BCUT2D eigenvalue weighted by Crippen LogP contribution is -2.53. The van der Waals surface area contributed by atoms with Crippen molar-refractivity contribution in [3.63, 3.8) is 0 Å². The summed E-state index contributed by atoms with van der Waals surface area (Å²) in [5.41, 5.74) is 5.61. The van der Waals surface area contributed by atoms with Crippen LogP contribution in [-0.2, 0) is 4.79 Å². The Balaban J connectivity index is 2.42. The third-order valence-electron chi connectivity index (χ3n) is 3.96. The highest BCUT2D eigenvalue weighted by atomic mass is 16.1. The standard InChI is InChI=1S/C13H26N2O/c1-4-10(5-2)8-12(16)15-13(3,9-14)11-6-7-11/h10-11H,4-9,14H2,1-3H3,(H,15,16). The first-order chi connectivity index (χ1) is 7.55. The summed E-state index contributed by atoms with van der Waals surface area (Å²) in [5, 5.41) is 3.14. The number of rotatable bonds is 7. The first-order valence-electron chi connectivity index (χ1n) is 6.56. The van der Waals surface area contributed by atoms with Gasteiger partial charge in [0.25, 0.3) is 0 Å². The molecule has 3 heteroatoms. The van der Waals surface area contributed by atoms with E-state index in [0.29, 0.717) is 24.8 Å². The zero-order valence-electron chi connectivity index (χ0n) is 10.9. The van der Waals surface area contributed by atoms with Crippen LogP contribution in [0.25, 0.3) is 0 Å². The second kappa shape index (κ2) is 5.67. The molecule has 0 aromatic carbocycles. The van der Waals surface area contributed by atoms with Crippen molar-refractivity contribution < 1.29 is 4.79 Å². The van der Waals surface area contributed by atoms with E-state index >= 15 is 0 Å². The molecular formula is C13H26N2O. The second-order valence-electron chi connectivity index (χ2n) is 5.33. The minimum absolute atomic E-state index is 0.164. The first kappa shape index (κ1) is 13.5. The molecule has 1 aliphatic carbocycles. The number of amides is 1. The van der Waals surface area contributed by atoms with Gasteiger partial charge in [0.2, 0.25) is 5.91 Å². The number of hydrogen-bond donors (Lipinski definition) is 2. The molecule has 94 valence electrons. The molecule has 3 nitrogen and oxygen atoms in total. The Kier molecular flexibility index (Phi) is 4.78. The normalized spacial score (nSPS) is 19.6. The summed E-state index contributed by atoms with van der Waals surface area (Å²) in [6.45, 7) is 6.91. The van der Waals surface area contributed by atoms with Crippen LogP contribution in [0.1, 0.15) is 52.9 Å². The maximum Gasteiger partial charge on any atom is 0.220 e. The molecule has 1 rings (SSSR count). The zero-order valence-corrected chi connectivity index (χ0v) is 10.9. The fourth-order valence-corrected chi connectivity index (χ4v) is 2.25. The van der Waals surface area contributed by atoms with Crippen molar-refractivity contribution in [2.45, 2.75) is 58.4 Å². The van der Waals surface area contributed by atoms with E-state index in [4.69, 9.17) is 5.73 Å². The van der Waals surface area contributed by atoms with Crippen molar-refractivity contribution in [3.8, 4) is 0 Å². The zero-order chi connectivity index (χ0) is 12.2. The number of nitrogens with two attached hydrogens (primary N) is 1. The molecule has 16 heavy (non-hydrogen) atoms. The van der Waals surface area contributed by atoms with E-state index in [1.54, 1.807) is 0 Å². The third-order valence-corrected chi connectivity index (χ3v) is 3.96. The molecular weight excluding hydrogens is 200 g/mol. The molecule has 0 saturated heterocycles. The Morgan fingerprint density at radius 2 is 2.00 bits per heavy atom. The van der Waals surface area contributed by atoms with Crippen LogP contribution in [0.2, 0.25) is 0 Å². The van der Waals surface area contributed by atoms with Gasteiger partial charge in [0.05, 0.1) is 5.54 Å². The van der Waals surface area contributed by atoms with Gasteiger partial charge >= 0.3 is 0 Å². The van der Waals surface area contributed by atoms with Gasteiger partial charge in [0, 0.05) is 13.0 Å². The van der Waals surface area contributed by atoms with Crippen LogP contribution in [0.15, 0.2) is 0 Å². The Bertz CT molecular complexity index is 234. The van der Waals surface area contributed by atoms with Gasteiger partial charge < -0.3 is 11.1 Å². The lowest BCUT2D eigenvalue weighted by atomic mass is 9.94. The van der Waals surface area contributed by atoms with Crippen LogP contribution in [0, 0.1) is 11.8 Å². The van der Waals surface area contributed by atoms with Crippen LogP contribution >= 0.6 is 0 Å². The average Bonchev–Trinajstić information content (AvgIpc) is 3.09. The molecule has 3 N–H and O–H groups in total. The molecule has 0 spiro atoms. The smallest absolute Gasteiger partial charge is 0.220 e. The molecule has 1 saturated carbocycles. The summed E-state index contributed by atoms with van der Waals surface area (Å²) in [6.07, 6.45) is 5.21. The predicted molar refractivity (Wildman–Crippen MR) is 67.0 cm³/mol. The fraction of sp³-hybridized carbons (Fsp3) is 0.923. The topological polar surface area (TPSA) is 55.1 Å². The highest BCUT2D eigenvalue weighted by Crippen LogP contribution is 2.39. The molecule has 1 amide bonds. The van der Waals surface area contributed by atoms with Gasteiger partial charge in [-0.3, -0.25) is 4.79 Å². The Labute approximate surface area is 99.2 Å². The maximum atomic E-state index is 11.9. The second-order valence-corrected chi connectivity index (χ2v) is 5.33. The van der Waals surface area contributed by atoms with E-state index in [1.165, 1.54) is 12.8 Å². The Hall–Kier alpha value is -0.570. The molecule has 1 unspecified atom stereocenters. The van der Waals surface area contributed by atoms with Gasteiger partial charge in [-0.1, -0.05) is 26.7 Å². The molecule has 0 aliphatic heterocycles. The van der Waals surface area contributed by atoms with Gasteiger partial charge in [-0.2, -0.15) is 0 Å². The molecule has 0 radical (unpaired) electrons. The summed E-state index contributed by atoms with van der Waals surface area (Å²) >= 11 is 0. The van der Waals surface area contributed by atoms with E-state index in [9.17, 15) is 4.79 Å². The monoisotopic (exact) mass is 226 g/mol. The van der Waals surface area contributed by atoms with Gasteiger partial charge in [-0.25, -0.2) is 0 Å². The fourth-order valence-electron chi connectivity index (χ4n) is 2.25. The van der Waals surface area contributed by atoms with E-state index in [-0.39, 0.29) is 11.4 Å². The van der Waals surface area contributed by atoms with Crippen LogP contribution in [-0.4, -0.2) is 18.0 Å². The number of nitrogens with one attached hydrogen (secondary N) is 1. The van der Waals surface area contributed by atoms with Crippen LogP contribution in [0.3, 0.4) is 0 Å². The van der Waals surface area contributed by atoms with Crippen molar-refractivity contribution in [2.75, 3.05) is 6.54 Å². The first-order valence-corrected chi connectivity index (χ1v) is 6.56. The average molecular weight is 226 g/mol. The molecule has 0 aromatic rings. The predicted octanol–water partition coefficient (Wildman–Crippen LogP) is 2.06. The quantitative estimate of drug-likeness (QED) is 0.698. The molecule has 1 atom stereocenters. The highest BCUT2D eigenvalue weighted by Gasteiger charge is 2.41. The molecule has 1 fully saturated rings. The minimum atomic E-state index is -0.164. The Morgan fingerprint density at radius 1 is 1.44 bits per heavy atom. The largest absolute Gasteiger partial charge is 0.349 e. The van der Waals surface area contributed by atoms with Crippen molar-refractivity contribution in [1.82, 2.24) is 5.32 Å². The summed E-state index contributed by atoms with van der Waals surface area (Å²) in [6, 6.07) is 0. The Morgan fingerprint density at radius 3 is 2.38 bits per heavy atom. The number of carbonyl (C=O) groups excluding carboxylic acids is 1. The molecule has 0 heterocycles. The van der Waals surface area contributed by atoms with E-state index in [0.717, 1.165) is 12.8 Å². The van der Waals surface area contributed by atoms with Crippen LogP contribution in [0.5, 0.6) is 0 Å². The summed E-state index contributed by atoms with van der Waals surface area (Å²) in [5.74, 6) is 1.29. The van der Waals surface area contributed by atoms with Crippen molar-refractivity contribution in [3.05, 3.63) is 0 Å². The van der Waals surface area contributed by atoms with Crippen LogP contribution < -0.4 is 11.1 Å². The van der Waals surface area contributed by atoms with E-state index in [1.807, 2.05) is 0 Å². The summed E-state index contributed by atoms with van der Waals surface area (Å²) < 4.78 is 0. The number of carbonyl (C=O) groups is 1. The van der Waals surface area contributed by atoms with Gasteiger partial charge in [-0.15, -0.1) is 0 Å². The van der Waals surface area contributed by atoms with Gasteiger partial charge in [0.15, 0.2) is 0 Å². The maximum absolute atomic E-state index is 11.9. The van der Waals surface area contributed by atoms with Gasteiger partial charge in [-0.05, 0) is 31.6 Å². The van der Waals surface area contributed by atoms with Crippen LogP contribution in [0.4, 0.5) is 0 Å². The molecule has 1 aliphatic rings.